The highest BCUT2D eigenvalue weighted by Crippen LogP contribution is 2.29. The Morgan fingerprint density at radius 2 is 1.56 bits per heavy atom. The van der Waals surface area contributed by atoms with Gasteiger partial charge in [-0.15, -0.1) is 5.11 Å². The first-order valence-electron chi connectivity index (χ1n) is 9.48. The van der Waals surface area contributed by atoms with Crippen molar-refractivity contribution < 1.29 is 22.3 Å². The summed E-state index contributed by atoms with van der Waals surface area (Å²) in [6, 6.07) is 15.3. The van der Waals surface area contributed by atoms with Crippen LogP contribution in [0, 0.1) is 15.9 Å². The van der Waals surface area contributed by atoms with Gasteiger partial charge in [0.2, 0.25) is 0 Å². The molecule has 0 bridgehead atoms. The Hall–Kier alpha value is -4.49. The predicted molar refractivity (Wildman–Crippen MR) is 119 cm³/mol. The molecule has 0 aliphatic rings. The number of hydrogen-bond donors (Lipinski definition) is 2. The molecule has 0 saturated carbocycles. The van der Waals surface area contributed by atoms with Crippen molar-refractivity contribution in [2.45, 2.75) is 4.90 Å². The van der Waals surface area contributed by atoms with Crippen LogP contribution in [-0.2, 0) is 10.1 Å². The smallest absolute Gasteiger partial charge is 0.288 e. The predicted octanol–water partition coefficient (Wildman–Crippen LogP) is 4.54. The van der Waals surface area contributed by atoms with E-state index in [1.54, 1.807) is 0 Å². The van der Waals surface area contributed by atoms with Gasteiger partial charge in [-0.05, 0) is 60.7 Å². The molecule has 0 aliphatic carbocycles. The second kappa shape index (κ2) is 8.80. The van der Waals surface area contributed by atoms with Gasteiger partial charge in [0.05, 0.1) is 26.9 Å². The van der Waals surface area contributed by atoms with Gasteiger partial charge in [0.15, 0.2) is 5.69 Å². The van der Waals surface area contributed by atoms with E-state index in [2.05, 4.69) is 15.3 Å². The number of hydrogen-bond acceptors (Lipinski definition) is 7. The minimum Gasteiger partial charge on any atom is -0.288 e. The van der Waals surface area contributed by atoms with Crippen molar-refractivity contribution in [2.75, 3.05) is 0 Å². The van der Waals surface area contributed by atoms with E-state index >= 15 is 0 Å². The van der Waals surface area contributed by atoms with Gasteiger partial charge in [0.1, 0.15) is 5.82 Å². The van der Waals surface area contributed by atoms with Gasteiger partial charge in [-0.3, -0.25) is 24.6 Å². The summed E-state index contributed by atoms with van der Waals surface area (Å²) >= 11 is 0. The maximum Gasteiger partial charge on any atom is 0.299 e. The van der Waals surface area contributed by atoms with E-state index in [-0.39, 0.29) is 27.7 Å². The molecule has 4 rings (SSSR count). The van der Waals surface area contributed by atoms with Crippen LogP contribution in [0.25, 0.3) is 16.9 Å². The van der Waals surface area contributed by atoms with E-state index in [0.717, 1.165) is 16.8 Å². The number of nitro benzene ring substituents is 1. The SMILES string of the molecule is O=c1c(N=Nc2ccc(S(=O)(=O)O)cc2)c(-c2ccc([N+](=O)[O-])cc2)[nH]n1-c1ccc(F)cc1. The summed E-state index contributed by atoms with van der Waals surface area (Å²) in [7, 11) is -4.38. The number of nitro groups is 1. The molecule has 0 saturated heterocycles. The molecule has 11 nitrogen and oxygen atoms in total. The normalized spacial score (nSPS) is 11.7. The highest BCUT2D eigenvalue weighted by atomic mass is 32.2. The Bertz CT molecular complexity index is 1560. The number of rotatable bonds is 6. The lowest BCUT2D eigenvalue weighted by molar-refractivity contribution is -0.384. The molecule has 1 aromatic heterocycles. The molecule has 3 aromatic carbocycles. The monoisotopic (exact) mass is 483 g/mol. The number of non-ortho nitro benzene ring substituents is 1. The number of aromatic nitrogens is 2. The Balaban J connectivity index is 1.81. The van der Waals surface area contributed by atoms with E-state index in [0.29, 0.717) is 11.3 Å². The molecule has 0 unspecified atom stereocenters. The first-order chi connectivity index (χ1) is 16.1. The number of halogens is 1. The number of nitrogens with one attached hydrogen (secondary N) is 1. The topological polar surface area (TPSA) is 160 Å². The quantitative estimate of drug-likeness (QED) is 0.177. The summed E-state index contributed by atoms with van der Waals surface area (Å²) in [6.07, 6.45) is 0. The second-order valence-electron chi connectivity index (χ2n) is 6.93. The van der Waals surface area contributed by atoms with Crippen LogP contribution in [0.4, 0.5) is 21.5 Å². The van der Waals surface area contributed by atoms with Crippen LogP contribution in [0.1, 0.15) is 0 Å². The lowest BCUT2D eigenvalue weighted by Gasteiger charge is -2.02. The van der Waals surface area contributed by atoms with E-state index in [9.17, 15) is 27.7 Å². The van der Waals surface area contributed by atoms with Gasteiger partial charge in [-0.25, -0.2) is 9.07 Å². The largest absolute Gasteiger partial charge is 0.299 e. The van der Waals surface area contributed by atoms with E-state index in [1.807, 2.05) is 0 Å². The fourth-order valence-corrected chi connectivity index (χ4v) is 3.52. The number of benzene rings is 3. The summed E-state index contributed by atoms with van der Waals surface area (Å²) in [5.74, 6) is -0.493. The third-order valence-electron chi connectivity index (χ3n) is 4.72. The third kappa shape index (κ3) is 4.65. The van der Waals surface area contributed by atoms with Crippen molar-refractivity contribution in [1.29, 1.82) is 0 Å². The minimum absolute atomic E-state index is 0.142. The third-order valence-corrected chi connectivity index (χ3v) is 5.59. The Morgan fingerprint density at radius 1 is 0.941 bits per heavy atom. The number of nitrogens with zero attached hydrogens (tertiary/aromatic N) is 4. The van der Waals surface area contributed by atoms with Gasteiger partial charge in [0, 0.05) is 17.7 Å². The Kier molecular flexibility index (Phi) is 5.88. The maximum atomic E-state index is 13.3. The Labute approximate surface area is 190 Å². The van der Waals surface area contributed by atoms with Crippen molar-refractivity contribution in [3.8, 4) is 16.9 Å². The second-order valence-corrected chi connectivity index (χ2v) is 8.35. The fourth-order valence-electron chi connectivity index (χ4n) is 3.04. The molecular weight excluding hydrogens is 469 g/mol. The van der Waals surface area contributed by atoms with Crippen molar-refractivity contribution in [2.24, 2.45) is 10.2 Å². The molecular formula is C21H14FN5O6S. The van der Waals surface area contributed by atoms with Crippen LogP contribution >= 0.6 is 0 Å². The van der Waals surface area contributed by atoms with Crippen molar-refractivity contribution in [1.82, 2.24) is 9.78 Å². The molecule has 0 radical (unpaired) electrons. The standard InChI is InChI=1S/C21H14FN5O6S/c22-14-3-9-16(10-4-14)26-21(28)20(19(25-26)13-1-7-17(8-2-13)27(29)30)24-23-15-5-11-18(12-6-15)34(31,32)33/h1-12,25H,(H,31,32,33). The average molecular weight is 483 g/mol. The van der Waals surface area contributed by atoms with Crippen LogP contribution in [0.15, 0.2) is 92.7 Å². The minimum atomic E-state index is -4.38. The zero-order valence-corrected chi connectivity index (χ0v) is 17.8. The first kappa shape index (κ1) is 22.7. The molecule has 1 heterocycles. The zero-order valence-electron chi connectivity index (χ0n) is 17.0. The number of H-pyrrole nitrogens is 1. The van der Waals surface area contributed by atoms with E-state index in [1.165, 1.54) is 60.7 Å². The van der Waals surface area contributed by atoms with Crippen molar-refractivity contribution in [3.63, 3.8) is 0 Å². The van der Waals surface area contributed by atoms with E-state index < -0.39 is 26.4 Å². The highest BCUT2D eigenvalue weighted by molar-refractivity contribution is 7.85. The summed E-state index contributed by atoms with van der Waals surface area (Å²) in [5, 5.41) is 21.8. The van der Waals surface area contributed by atoms with Crippen LogP contribution in [0.2, 0.25) is 0 Å². The molecule has 172 valence electrons. The average Bonchev–Trinajstić information content (AvgIpc) is 3.14. The molecule has 34 heavy (non-hydrogen) atoms. The van der Waals surface area contributed by atoms with Gasteiger partial charge in [-0.1, -0.05) is 0 Å². The van der Waals surface area contributed by atoms with Crippen LogP contribution in [-0.4, -0.2) is 27.7 Å². The molecule has 4 aromatic rings. The van der Waals surface area contributed by atoms with Gasteiger partial charge < -0.3 is 0 Å². The van der Waals surface area contributed by atoms with Gasteiger partial charge in [0.25, 0.3) is 21.4 Å². The number of aromatic amines is 1. The van der Waals surface area contributed by atoms with Crippen molar-refractivity contribution >= 4 is 27.2 Å². The summed E-state index contributed by atoms with van der Waals surface area (Å²) in [5.41, 5.74) is 0.188. The molecule has 0 amide bonds. The summed E-state index contributed by atoms with van der Waals surface area (Å²) in [4.78, 5) is 23.2. The maximum absolute atomic E-state index is 13.3. The van der Waals surface area contributed by atoms with Gasteiger partial charge >= 0.3 is 0 Å². The van der Waals surface area contributed by atoms with Crippen LogP contribution < -0.4 is 5.56 Å². The summed E-state index contributed by atoms with van der Waals surface area (Å²) < 4.78 is 45.9. The summed E-state index contributed by atoms with van der Waals surface area (Å²) in [6.45, 7) is 0. The van der Waals surface area contributed by atoms with Crippen molar-refractivity contribution in [3.05, 3.63) is 99.1 Å². The Morgan fingerprint density at radius 3 is 2.12 bits per heavy atom. The van der Waals surface area contributed by atoms with Crippen LogP contribution in [0.3, 0.4) is 0 Å². The van der Waals surface area contributed by atoms with Crippen LogP contribution in [0.5, 0.6) is 0 Å². The molecule has 2 N–H and O–H groups in total. The molecule has 0 atom stereocenters. The molecule has 13 heteroatoms. The highest BCUT2D eigenvalue weighted by Gasteiger charge is 2.18. The molecule has 0 spiro atoms. The lowest BCUT2D eigenvalue weighted by Crippen LogP contribution is -2.13. The zero-order chi connectivity index (χ0) is 24.5. The van der Waals surface area contributed by atoms with E-state index in [4.69, 9.17) is 4.55 Å². The molecule has 0 aliphatic heterocycles. The van der Waals surface area contributed by atoms with Gasteiger partial charge in [-0.2, -0.15) is 13.5 Å². The first-order valence-corrected chi connectivity index (χ1v) is 10.9. The molecule has 0 fully saturated rings. The number of azo groups is 1. The fraction of sp³-hybridized carbons (Fsp3) is 0. The lowest BCUT2D eigenvalue weighted by atomic mass is 10.1.